The molecular formula is C22H19ClN4O2S2. The van der Waals surface area contributed by atoms with Crippen molar-refractivity contribution in [1.82, 2.24) is 15.0 Å². The smallest absolute Gasteiger partial charge is 0.266 e. The van der Waals surface area contributed by atoms with Crippen molar-refractivity contribution in [2.24, 2.45) is 0 Å². The molecule has 9 heteroatoms. The minimum absolute atomic E-state index is 0.247. The van der Waals surface area contributed by atoms with Crippen LogP contribution in [0.5, 0.6) is 0 Å². The van der Waals surface area contributed by atoms with Gasteiger partial charge in [-0.25, -0.2) is 9.97 Å². The molecule has 0 saturated heterocycles. The van der Waals surface area contributed by atoms with Gasteiger partial charge >= 0.3 is 0 Å². The lowest BCUT2D eigenvalue weighted by Crippen LogP contribution is -2.13. The van der Waals surface area contributed by atoms with Crippen LogP contribution in [-0.2, 0) is 5.75 Å². The monoisotopic (exact) mass is 470 g/mol. The molecule has 1 amide bonds. The summed E-state index contributed by atoms with van der Waals surface area (Å²) in [7, 11) is 0. The number of amides is 1. The molecule has 4 rings (SSSR count). The molecule has 4 aromatic rings. The number of thiophene rings is 1. The Hall–Kier alpha value is -2.68. The van der Waals surface area contributed by atoms with E-state index in [-0.39, 0.29) is 11.5 Å². The van der Waals surface area contributed by atoms with Crippen molar-refractivity contribution >= 4 is 56.5 Å². The maximum Gasteiger partial charge on any atom is 0.266 e. The van der Waals surface area contributed by atoms with Gasteiger partial charge in [-0.3, -0.25) is 9.59 Å². The second-order valence-corrected chi connectivity index (χ2v) is 9.47. The number of hydrogen-bond donors (Lipinski definition) is 2. The molecule has 3 aromatic heterocycles. The average molecular weight is 471 g/mol. The van der Waals surface area contributed by atoms with Gasteiger partial charge in [0.15, 0.2) is 0 Å². The van der Waals surface area contributed by atoms with Gasteiger partial charge in [0.25, 0.3) is 11.5 Å². The molecule has 0 fully saturated rings. The highest BCUT2D eigenvalue weighted by atomic mass is 35.5. The van der Waals surface area contributed by atoms with E-state index in [4.69, 9.17) is 11.6 Å². The van der Waals surface area contributed by atoms with E-state index in [1.165, 1.54) is 23.1 Å². The van der Waals surface area contributed by atoms with Crippen molar-refractivity contribution in [2.45, 2.75) is 31.6 Å². The van der Waals surface area contributed by atoms with Crippen LogP contribution in [0.3, 0.4) is 0 Å². The number of nitrogens with zero attached hydrogens (tertiary/aromatic N) is 2. The first-order valence-electron chi connectivity index (χ1n) is 9.47. The molecule has 158 valence electrons. The minimum atomic E-state index is -0.257. The van der Waals surface area contributed by atoms with Crippen molar-refractivity contribution < 1.29 is 4.79 Å². The van der Waals surface area contributed by atoms with Crippen LogP contribution in [0.25, 0.3) is 10.2 Å². The molecule has 0 unspecified atom stereocenters. The number of aromatic amines is 1. The number of aromatic nitrogens is 3. The van der Waals surface area contributed by atoms with E-state index in [0.29, 0.717) is 42.3 Å². The number of pyridine rings is 1. The summed E-state index contributed by atoms with van der Waals surface area (Å²) in [4.78, 5) is 38.3. The van der Waals surface area contributed by atoms with Crippen LogP contribution < -0.4 is 10.9 Å². The fourth-order valence-electron chi connectivity index (χ4n) is 3.22. The van der Waals surface area contributed by atoms with Gasteiger partial charge < -0.3 is 10.3 Å². The summed E-state index contributed by atoms with van der Waals surface area (Å²) in [5.41, 5.74) is 3.23. The molecule has 6 nitrogen and oxygen atoms in total. The van der Waals surface area contributed by atoms with E-state index >= 15 is 0 Å². The van der Waals surface area contributed by atoms with Crippen molar-refractivity contribution in [3.8, 4) is 0 Å². The van der Waals surface area contributed by atoms with E-state index in [1.54, 1.807) is 25.3 Å². The summed E-state index contributed by atoms with van der Waals surface area (Å²) in [5, 5.41) is 4.61. The topological polar surface area (TPSA) is 87.7 Å². The molecule has 3 heterocycles. The van der Waals surface area contributed by atoms with Crippen LogP contribution in [0.2, 0.25) is 5.02 Å². The minimum Gasteiger partial charge on any atom is -0.321 e. The standard InChI is InChI=1S/C22H19ClN4O2S2/c1-11-6-7-15(12(2)9-11)25-20(29)18-13(3)17-19(28)26-16(27-22(17)31-18)10-30-21-14(23)5-4-8-24-21/h4-9H,10H2,1-3H3,(H,25,29)(H,26,27,28). The molecule has 0 radical (unpaired) electrons. The average Bonchev–Trinajstić information content (AvgIpc) is 3.06. The molecule has 0 bridgehead atoms. The first-order valence-corrected chi connectivity index (χ1v) is 11.7. The second kappa shape index (κ2) is 8.82. The van der Waals surface area contributed by atoms with Crippen molar-refractivity contribution in [2.75, 3.05) is 5.32 Å². The molecule has 0 spiro atoms. The lowest BCUT2D eigenvalue weighted by atomic mass is 10.1. The number of fused-ring (bicyclic) bond motifs is 1. The third-order valence-electron chi connectivity index (χ3n) is 4.76. The quantitative estimate of drug-likeness (QED) is 0.376. The van der Waals surface area contributed by atoms with Crippen LogP contribution in [-0.4, -0.2) is 20.9 Å². The number of H-pyrrole nitrogens is 1. The number of carbonyl (C=O) groups excluding carboxylic acids is 1. The summed E-state index contributed by atoms with van der Waals surface area (Å²) in [6.45, 7) is 5.73. The van der Waals surface area contributed by atoms with E-state index < -0.39 is 0 Å². The third kappa shape index (κ3) is 4.51. The van der Waals surface area contributed by atoms with Crippen LogP contribution in [0, 0.1) is 20.8 Å². The molecule has 0 atom stereocenters. The lowest BCUT2D eigenvalue weighted by Gasteiger charge is -2.08. The van der Waals surface area contributed by atoms with Crippen LogP contribution in [0.15, 0.2) is 46.3 Å². The SMILES string of the molecule is Cc1ccc(NC(=O)c2sc3nc(CSc4ncccc4Cl)[nH]c(=O)c3c2C)c(C)c1. The largest absolute Gasteiger partial charge is 0.321 e. The molecule has 0 aliphatic rings. The number of carbonyl (C=O) groups is 1. The van der Waals surface area contributed by atoms with E-state index in [9.17, 15) is 9.59 Å². The van der Waals surface area contributed by atoms with Crippen molar-refractivity contribution in [3.63, 3.8) is 0 Å². The second-order valence-electron chi connectivity index (χ2n) is 7.10. The van der Waals surface area contributed by atoms with Crippen molar-refractivity contribution in [3.05, 3.63) is 79.3 Å². The number of benzene rings is 1. The Morgan fingerprint density at radius 3 is 2.81 bits per heavy atom. The number of halogens is 1. The number of rotatable bonds is 5. The molecular weight excluding hydrogens is 452 g/mol. The van der Waals surface area contributed by atoms with E-state index in [2.05, 4.69) is 20.3 Å². The number of anilines is 1. The first-order chi connectivity index (χ1) is 14.8. The molecule has 0 aliphatic carbocycles. The highest BCUT2D eigenvalue weighted by Gasteiger charge is 2.20. The highest BCUT2D eigenvalue weighted by Crippen LogP contribution is 2.30. The van der Waals surface area contributed by atoms with Gasteiger partial charge in [0.2, 0.25) is 0 Å². The van der Waals surface area contributed by atoms with Crippen molar-refractivity contribution in [1.29, 1.82) is 0 Å². The molecule has 2 N–H and O–H groups in total. The number of nitrogens with one attached hydrogen (secondary N) is 2. The van der Waals surface area contributed by atoms with E-state index in [1.807, 2.05) is 32.0 Å². The fourth-order valence-corrected chi connectivity index (χ4v) is 5.35. The summed E-state index contributed by atoms with van der Waals surface area (Å²) in [6, 6.07) is 9.37. The first kappa shape index (κ1) is 21.5. The third-order valence-corrected chi connectivity index (χ3v) is 7.37. The van der Waals surface area contributed by atoms with Crippen LogP contribution in [0.4, 0.5) is 5.69 Å². The number of thioether (sulfide) groups is 1. The number of aryl methyl sites for hydroxylation is 3. The van der Waals surface area contributed by atoms with Gasteiger partial charge in [0, 0.05) is 11.9 Å². The summed E-state index contributed by atoms with van der Waals surface area (Å²) in [6.07, 6.45) is 1.66. The van der Waals surface area contributed by atoms with Gasteiger partial charge in [-0.2, -0.15) is 0 Å². The normalized spacial score (nSPS) is 11.1. The zero-order chi connectivity index (χ0) is 22.1. The molecule has 1 aromatic carbocycles. The summed E-state index contributed by atoms with van der Waals surface area (Å²) in [5.74, 6) is 0.665. The Labute approximate surface area is 192 Å². The van der Waals surface area contributed by atoms with Gasteiger partial charge in [-0.15, -0.1) is 11.3 Å². The fraction of sp³-hybridized carbons (Fsp3) is 0.182. The van der Waals surface area contributed by atoms with Gasteiger partial charge in [0.05, 0.1) is 21.0 Å². The van der Waals surface area contributed by atoms with Crippen LogP contribution in [0.1, 0.15) is 32.2 Å². The lowest BCUT2D eigenvalue weighted by molar-refractivity contribution is 0.103. The predicted molar refractivity (Wildman–Crippen MR) is 128 cm³/mol. The zero-order valence-corrected chi connectivity index (χ0v) is 19.5. The predicted octanol–water partition coefficient (Wildman–Crippen LogP) is 5.50. The van der Waals surface area contributed by atoms with Crippen LogP contribution >= 0.6 is 34.7 Å². The molecule has 0 aliphatic heterocycles. The van der Waals surface area contributed by atoms with Gasteiger partial charge in [0.1, 0.15) is 15.7 Å². The Morgan fingerprint density at radius 1 is 1.26 bits per heavy atom. The Morgan fingerprint density at radius 2 is 2.06 bits per heavy atom. The maximum atomic E-state index is 12.9. The number of hydrogen-bond acceptors (Lipinski definition) is 6. The zero-order valence-electron chi connectivity index (χ0n) is 17.1. The highest BCUT2D eigenvalue weighted by molar-refractivity contribution is 7.98. The summed E-state index contributed by atoms with van der Waals surface area (Å²) >= 11 is 8.75. The van der Waals surface area contributed by atoms with Gasteiger partial charge in [-0.1, -0.05) is 41.1 Å². The molecule has 0 saturated carbocycles. The van der Waals surface area contributed by atoms with Gasteiger partial charge in [-0.05, 0) is 50.1 Å². The summed E-state index contributed by atoms with van der Waals surface area (Å²) < 4.78 is 0. The Kier molecular flexibility index (Phi) is 6.13. The Balaban J connectivity index is 1.62. The molecule has 31 heavy (non-hydrogen) atoms. The maximum absolute atomic E-state index is 12.9. The Bertz CT molecular complexity index is 1360. The van der Waals surface area contributed by atoms with E-state index in [0.717, 1.165) is 16.8 Å².